The monoisotopic (exact) mass is 467 g/mol. The average molecular weight is 468 g/mol. The fourth-order valence-corrected chi connectivity index (χ4v) is 5.08. The van der Waals surface area contributed by atoms with Gasteiger partial charge in [-0.25, -0.2) is 9.97 Å². The Balaban J connectivity index is 1.12. The average Bonchev–Trinajstić information content (AvgIpc) is 3.66. The topological polar surface area (TPSA) is 89.3 Å². The summed E-state index contributed by atoms with van der Waals surface area (Å²) in [5, 5.41) is 8.40. The first-order valence-electron chi connectivity index (χ1n) is 11.7. The van der Waals surface area contributed by atoms with Crippen molar-refractivity contribution in [2.75, 3.05) is 38.2 Å². The Hall–Kier alpha value is -4.27. The van der Waals surface area contributed by atoms with E-state index in [1.54, 1.807) is 19.5 Å². The number of ether oxygens (including phenoxy) is 1. The zero-order chi connectivity index (χ0) is 23.8. The Kier molecular flexibility index (Phi) is 5.36. The number of amides is 1. The number of para-hydroxylation sites is 1. The predicted molar refractivity (Wildman–Crippen MR) is 130 cm³/mol. The molecule has 2 aromatic carbocycles. The number of carbonyl (C=O) groups excluding carboxylic acids is 1. The molecule has 2 aromatic heterocycles. The molecule has 0 saturated carbocycles. The largest absolute Gasteiger partial charge is 0.497 e. The summed E-state index contributed by atoms with van der Waals surface area (Å²) < 4.78 is 5.23. The Labute approximate surface area is 203 Å². The molecule has 4 heterocycles. The minimum Gasteiger partial charge on any atom is -0.497 e. The van der Waals surface area contributed by atoms with Gasteiger partial charge in [0.15, 0.2) is 0 Å². The van der Waals surface area contributed by atoms with Crippen LogP contribution in [-0.2, 0) is 0 Å². The van der Waals surface area contributed by atoms with Gasteiger partial charge in [-0.15, -0.1) is 0 Å². The van der Waals surface area contributed by atoms with Crippen molar-refractivity contribution in [3.63, 3.8) is 0 Å². The van der Waals surface area contributed by atoms with Crippen LogP contribution in [0.2, 0.25) is 0 Å². The third-order valence-electron chi connectivity index (χ3n) is 6.89. The Bertz CT molecular complexity index is 1310. The van der Waals surface area contributed by atoms with Crippen LogP contribution in [0.25, 0.3) is 16.8 Å². The molecule has 0 spiro atoms. The highest BCUT2D eigenvalue weighted by Crippen LogP contribution is 2.34. The fourth-order valence-electron chi connectivity index (χ4n) is 5.08. The standard InChI is InChI=1S/C26H25N7O2/c1-35-22-8-6-18(7-9-22)19-12-27-26(28-13-19)32-16-20-14-31(15-21(20)17-32)25(34)23-4-2-3-5-24(23)33-29-10-11-30-33/h2-13,20-21H,14-17H2,1H3. The number of rotatable bonds is 5. The van der Waals surface area contributed by atoms with Crippen molar-refractivity contribution in [3.8, 4) is 22.6 Å². The molecule has 2 atom stereocenters. The lowest BCUT2D eigenvalue weighted by molar-refractivity contribution is 0.0782. The van der Waals surface area contributed by atoms with Crippen LogP contribution in [0.4, 0.5) is 5.95 Å². The van der Waals surface area contributed by atoms with E-state index in [-0.39, 0.29) is 5.91 Å². The van der Waals surface area contributed by atoms with Gasteiger partial charge in [-0.1, -0.05) is 24.3 Å². The number of benzene rings is 2. The number of carbonyl (C=O) groups is 1. The minimum absolute atomic E-state index is 0.0268. The maximum Gasteiger partial charge on any atom is 0.256 e. The first-order chi connectivity index (χ1) is 17.2. The Morgan fingerprint density at radius 2 is 1.51 bits per heavy atom. The van der Waals surface area contributed by atoms with Gasteiger partial charge in [0.25, 0.3) is 5.91 Å². The molecule has 0 N–H and O–H groups in total. The van der Waals surface area contributed by atoms with Crippen LogP contribution in [0.5, 0.6) is 5.75 Å². The molecule has 0 aliphatic carbocycles. The van der Waals surface area contributed by atoms with E-state index < -0.39 is 0 Å². The van der Waals surface area contributed by atoms with Gasteiger partial charge in [-0.2, -0.15) is 15.0 Å². The first kappa shape index (κ1) is 21.3. The molecule has 176 valence electrons. The molecule has 6 rings (SSSR count). The highest BCUT2D eigenvalue weighted by Gasteiger charge is 2.42. The molecule has 2 unspecified atom stereocenters. The first-order valence-corrected chi connectivity index (χ1v) is 11.7. The quantitative estimate of drug-likeness (QED) is 0.446. The molecule has 2 saturated heterocycles. The number of likely N-dealkylation sites (tertiary alicyclic amines) is 1. The minimum atomic E-state index is 0.0268. The third-order valence-corrected chi connectivity index (χ3v) is 6.89. The van der Waals surface area contributed by atoms with E-state index in [0.29, 0.717) is 23.1 Å². The fraction of sp³-hybridized carbons (Fsp3) is 0.269. The van der Waals surface area contributed by atoms with Crippen LogP contribution >= 0.6 is 0 Å². The molecule has 9 nitrogen and oxygen atoms in total. The number of fused-ring (bicyclic) bond motifs is 1. The number of nitrogens with zero attached hydrogens (tertiary/aromatic N) is 7. The van der Waals surface area contributed by atoms with Crippen molar-refractivity contribution in [1.29, 1.82) is 0 Å². The Morgan fingerprint density at radius 1 is 0.857 bits per heavy atom. The lowest BCUT2D eigenvalue weighted by atomic mass is 10.0. The molecule has 35 heavy (non-hydrogen) atoms. The van der Waals surface area contributed by atoms with Gasteiger partial charge >= 0.3 is 0 Å². The Morgan fingerprint density at radius 3 is 2.17 bits per heavy atom. The van der Waals surface area contributed by atoms with Crippen molar-refractivity contribution in [2.45, 2.75) is 0 Å². The molecule has 2 aliphatic heterocycles. The number of methoxy groups -OCH3 is 1. The van der Waals surface area contributed by atoms with Gasteiger partial charge in [-0.05, 0) is 29.8 Å². The molecule has 0 radical (unpaired) electrons. The normalized spacial score (nSPS) is 19.1. The summed E-state index contributed by atoms with van der Waals surface area (Å²) in [5.74, 6) is 2.39. The van der Waals surface area contributed by atoms with Crippen molar-refractivity contribution < 1.29 is 9.53 Å². The predicted octanol–water partition coefficient (Wildman–Crippen LogP) is 2.94. The number of anilines is 1. The number of hydrogen-bond donors (Lipinski definition) is 0. The number of aromatic nitrogens is 5. The lowest BCUT2D eigenvalue weighted by Crippen LogP contribution is -2.34. The summed E-state index contributed by atoms with van der Waals surface area (Å²) in [7, 11) is 1.66. The molecule has 0 bridgehead atoms. The van der Waals surface area contributed by atoms with Crippen LogP contribution in [0, 0.1) is 11.8 Å². The highest BCUT2D eigenvalue weighted by molar-refractivity contribution is 5.98. The van der Waals surface area contributed by atoms with Gasteiger partial charge in [0.05, 0.1) is 30.8 Å². The van der Waals surface area contributed by atoms with Crippen LogP contribution < -0.4 is 9.64 Å². The van der Waals surface area contributed by atoms with E-state index >= 15 is 0 Å². The van der Waals surface area contributed by atoms with Crippen molar-refractivity contribution >= 4 is 11.9 Å². The lowest BCUT2D eigenvalue weighted by Gasteiger charge is -2.22. The second-order valence-electron chi connectivity index (χ2n) is 8.97. The summed E-state index contributed by atoms with van der Waals surface area (Å²) >= 11 is 0. The molecule has 9 heteroatoms. The van der Waals surface area contributed by atoms with Gasteiger partial charge in [0.1, 0.15) is 5.75 Å². The second kappa shape index (κ2) is 8.83. The molecule has 2 fully saturated rings. The van der Waals surface area contributed by atoms with Crippen molar-refractivity contribution in [3.05, 3.63) is 78.9 Å². The zero-order valence-electron chi connectivity index (χ0n) is 19.4. The molecule has 4 aromatic rings. The molecule has 1 amide bonds. The van der Waals surface area contributed by atoms with Crippen LogP contribution in [-0.4, -0.2) is 69.1 Å². The smallest absolute Gasteiger partial charge is 0.256 e. The van der Waals surface area contributed by atoms with E-state index in [4.69, 9.17) is 4.74 Å². The maximum atomic E-state index is 13.4. The van der Waals surface area contributed by atoms with E-state index in [0.717, 1.165) is 49.0 Å². The van der Waals surface area contributed by atoms with Gasteiger partial charge < -0.3 is 14.5 Å². The second-order valence-corrected chi connectivity index (χ2v) is 8.97. The van der Waals surface area contributed by atoms with Crippen molar-refractivity contribution in [1.82, 2.24) is 29.9 Å². The molecular formula is C26H25N7O2. The summed E-state index contributed by atoms with van der Waals surface area (Å²) in [4.78, 5) is 28.3. The van der Waals surface area contributed by atoms with Gasteiger partial charge in [-0.3, -0.25) is 4.79 Å². The molecule has 2 aliphatic rings. The van der Waals surface area contributed by atoms with Crippen molar-refractivity contribution in [2.24, 2.45) is 11.8 Å². The van der Waals surface area contributed by atoms with E-state index in [1.165, 1.54) is 4.80 Å². The summed E-state index contributed by atoms with van der Waals surface area (Å²) in [6.07, 6.45) is 6.96. The van der Waals surface area contributed by atoms with Crippen LogP contribution in [0.1, 0.15) is 10.4 Å². The van der Waals surface area contributed by atoms with Crippen LogP contribution in [0.3, 0.4) is 0 Å². The van der Waals surface area contributed by atoms with E-state index in [2.05, 4.69) is 25.1 Å². The highest BCUT2D eigenvalue weighted by atomic mass is 16.5. The summed E-state index contributed by atoms with van der Waals surface area (Å²) in [6, 6.07) is 15.4. The van der Waals surface area contributed by atoms with E-state index in [9.17, 15) is 4.79 Å². The summed E-state index contributed by atoms with van der Waals surface area (Å²) in [6.45, 7) is 3.15. The van der Waals surface area contributed by atoms with E-state index in [1.807, 2.05) is 65.8 Å². The number of hydrogen-bond acceptors (Lipinski definition) is 7. The van der Waals surface area contributed by atoms with Gasteiger partial charge in [0, 0.05) is 56.0 Å². The van der Waals surface area contributed by atoms with Crippen LogP contribution in [0.15, 0.2) is 73.3 Å². The summed E-state index contributed by atoms with van der Waals surface area (Å²) in [5.41, 5.74) is 3.35. The molecular weight excluding hydrogens is 442 g/mol. The van der Waals surface area contributed by atoms with Gasteiger partial charge in [0.2, 0.25) is 5.95 Å². The maximum absolute atomic E-state index is 13.4. The zero-order valence-corrected chi connectivity index (χ0v) is 19.4. The third kappa shape index (κ3) is 3.99. The SMILES string of the molecule is COc1ccc(-c2cnc(N3CC4CN(C(=O)c5ccccc5-n5nccn5)CC4C3)nc2)cc1.